The molecule has 0 amide bonds. The normalized spacial score (nSPS) is 10.3. The van der Waals surface area contributed by atoms with Crippen LogP contribution >= 0.6 is 0 Å². The van der Waals surface area contributed by atoms with Crippen molar-refractivity contribution >= 4 is 18.0 Å². The van der Waals surface area contributed by atoms with Gasteiger partial charge >= 0.3 is 11.9 Å². The summed E-state index contributed by atoms with van der Waals surface area (Å²) in [5.74, 6) is -0.0804. The first kappa shape index (κ1) is 14.8. The molecular formula is C14H16O5. The van der Waals surface area contributed by atoms with Crippen molar-refractivity contribution in [2.75, 3.05) is 13.7 Å². The Morgan fingerprint density at radius 3 is 2.58 bits per heavy atom. The molecule has 0 N–H and O–H groups in total. The van der Waals surface area contributed by atoms with Gasteiger partial charge in [0.2, 0.25) is 0 Å². The molecule has 5 nitrogen and oxygen atoms in total. The summed E-state index contributed by atoms with van der Waals surface area (Å²) in [6.45, 7) is 3.38. The van der Waals surface area contributed by atoms with Crippen LogP contribution in [-0.2, 0) is 14.3 Å². The van der Waals surface area contributed by atoms with Crippen molar-refractivity contribution in [1.82, 2.24) is 0 Å². The SMILES string of the molecule is CCOC(=O)/C=C/c1ccc(OC(C)=O)c(OC)c1. The zero-order valence-electron chi connectivity index (χ0n) is 11.1. The van der Waals surface area contributed by atoms with Gasteiger partial charge in [-0.05, 0) is 30.7 Å². The van der Waals surface area contributed by atoms with E-state index in [0.29, 0.717) is 18.1 Å². The van der Waals surface area contributed by atoms with Gasteiger partial charge in [-0.15, -0.1) is 0 Å². The fraction of sp³-hybridized carbons (Fsp3) is 0.286. The number of ether oxygens (including phenoxy) is 3. The molecule has 0 aliphatic carbocycles. The smallest absolute Gasteiger partial charge is 0.330 e. The van der Waals surface area contributed by atoms with Gasteiger partial charge in [0.15, 0.2) is 11.5 Å². The lowest BCUT2D eigenvalue weighted by atomic mass is 10.2. The summed E-state index contributed by atoms with van der Waals surface area (Å²) in [5, 5.41) is 0. The van der Waals surface area contributed by atoms with Crippen molar-refractivity contribution < 1.29 is 23.8 Å². The Labute approximate surface area is 111 Å². The number of esters is 2. The van der Waals surface area contributed by atoms with Crippen molar-refractivity contribution in [3.63, 3.8) is 0 Å². The van der Waals surface area contributed by atoms with E-state index in [9.17, 15) is 9.59 Å². The zero-order valence-corrected chi connectivity index (χ0v) is 11.1. The highest BCUT2D eigenvalue weighted by Crippen LogP contribution is 2.28. The van der Waals surface area contributed by atoms with E-state index in [1.807, 2.05) is 0 Å². The van der Waals surface area contributed by atoms with Crippen molar-refractivity contribution in [2.45, 2.75) is 13.8 Å². The Kier molecular flexibility index (Phi) is 5.60. The summed E-state index contributed by atoms with van der Waals surface area (Å²) >= 11 is 0. The molecule has 0 radical (unpaired) electrons. The molecule has 1 aromatic carbocycles. The number of methoxy groups -OCH3 is 1. The van der Waals surface area contributed by atoms with Crippen LogP contribution in [0.3, 0.4) is 0 Å². The summed E-state index contributed by atoms with van der Waals surface area (Å²) < 4.78 is 14.9. The summed E-state index contributed by atoms with van der Waals surface area (Å²) in [6.07, 6.45) is 2.92. The van der Waals surface area contributed by atoms with Gasteiger partial charge in [0.25, 0.3) is 0 Å². The Bertz CT molecular complexity index is 491. The van der Waals surface area contributed by atoms with Gasteiger partial charge in [-0.3, -0.25) is 4.79 Å². The van der Waals surface area contributed by atoms with Crippen LogP contribution in [0, 0.1) is 0 Å². The van der Waals surface area contributed by atoms with Crippen LogP contribution in [0.4, 0.5) is 0 Å². The summed E-state index contributed by atoms with van der Waals surface area (Å²) in [6, 6.07) is 4.97. The van der Waals surface area contributed by atoms with E-state index in [2.05, 4.69) is 0 Å². The molecule has 0 aliphatic heterocycles. The summed E-state index contributed by atoms with van der Waals surface area (Å²) in [5.41, 5.74) is 0.737. The molecule has 0 heterocycles. The van der Waals surface area contributed by atoms with E-state index in [-0.39, 0.29) is 0 Å². The second-order valence-electron chi connectivity index (χ2n) is 3.59. The van der Waals surface area contributed by atoms with Gasteiger partial charge in [-0.2, -0.15) is 0 Å². The average Bonchev–Trinajstić information content (AvgIpc) is 2.37. The maximum absolute atomic E-state index is 11.2. The monoisotopic (exact) mass is 264 g/mol. The number of hydrogen-bond acceptors (Lipinski definition) is 5. The third-order valence-corrected chi connectivity index (χ3v) is 2.14. The van der Waals surface area contributed by atoms with Crippen molar-refractivity contribution in [3.8, 4) is 11.5 Å². The molecule has 0 fully saturated rings. The van der Waals surface area contributed by atoms with E-state index in [1.165, 1.54) is 20.1 Å². The molecule has 1 rings (SSSR count). The lowest BCUT2D eigenvalue weighted by Crippen LogP contribution is -2.03. The second kappa shape index (κ2) is 7.20. The molecule has 19 heavy (non-hydrogen) atoms. The Balaban J connectivity index is 2.87. The fourth-order valence-corrected chi connectivity index (χ4v) is 1.38. The maximum Gasteiger partial charge on any atom is 0.330 e. The second-order valence-corrected chi connectivity index (χ2v) is 3.59. The maximum atomic E-state index is 11.2. The molecular weight excluding hydrogens is 248 g/mol. The quantitative estimate of drug-likeness (QED) is 0.463. The van der Waals surface area contributed by atoms with Crippen LogP contribution in [0.25, 0.3) is 6.08 Å². The predicted octanol–water partition coefficient (Wildman–Crippen LogP) is 2.20. The highest BCUT2D eigenvalue weighted by atomic mass is 16.6. The van der Waals surface area contributed by atoms with Gasteiger partial charge in [0, 0.05) is 13.0 Å². The van der Waals surface area contributed by atoms with Crippen LogP contribution < -0.4 is 9.47 Å². The number of hydrogen-bond donors (Lipinski definition) is 0. The van der Waals surface area contributed by atoms with E-state index < -0.39 is 11.9 Å². The number of carbonyl (C=O) groups excluding carboxylic acids is 2. The van der Waals surface area contributed by atoms with Crippen molar-refractivity contribution in [1.29, 1.82) is 0 Å². The van der Waals surface area contributed by atoms with Crippen LogP contribution in [-0.4, -0.2) is 25.7 Å². The fourth-order valence-electron chi connectivity index (χ4n) is 1.38. The van der Waals surface area contributed by atoms with Gasteiger partial charge in [0.05, 0.1) is 13.7 Å². The Morgan fingerprint density at radius 2 is 2.00 bits per heavy atom. The van der Waals surface area contributed by atoms with Crippen molar-refractivity contribution in [3.05, 3.63) is 29.8 Å². The topological polar surface area (TPSA) is 61.8 Å². The molecule has 0 unspecified atom stereocenters. The average molecular weight is 264 g/mol. The molecule has 1 aromatic rings. The van der Waals surface area contributed by atoms with E-state index >= 15 is 0 Å². The zero-order chi connectivity index (χ0) is 14.3. The molecule has 0 aromatic heterocycles. The Hall–Kier alpha value is -2.30. The number of carbonyl (C=O) groups is 2. The molecule has 0 atom stereocenters. The largest absolute Gasteiger partial charge is 0.493 e. The highest BCUT2D eigenvalue weighted by Gasteiger charge is 2.07. The third kappa shape index (κ3) is 4.83. The van der Waals surface area contributed by atoms with Gasteiger partial charge in [-0.25, -0.2) is 4.79 Å². The first-order valence-electron chi connectivity index (χ1n) is 5.78. The van der Waals surface area contributed by atoms with Gasteiger partial charge in [-0.1, -0.05) is 6.07 Å². The van der Waals surface area contributed by atoms with E-state index in [0.717, 1.165) is 5.56 Å². The van der Waals surface area contributed by atoms with Crippen LogP contribution in [0.5, 0.6) is 11.5 Å². The van der Waals surface area contributed by atoms with Gasteiger partial charge < -0.3 is 14.2 Å². The summed E-state index contributed by atoms with van der Waals surface area (Å²) in [4.78, 5) is 22.1. The minimum Gasteiger partial charge on any atom is -0.493 e. The Morgan fingerprint density at radius 1 is 1.26 bits per heavy atom. The molecule has 0 saturated heterocycles. The minimum absolute atomic E-state index is 0.331. The van der Waals surface area contributed by atoms with Crippen LogP contribution in [0.2, 0.25) is 0 Å². The lowest BCUT2D eigenvalue weighted by Gasteiger charge is -2.08. The highest BCUT2D eigenvalue weighted by molar-refractivity contribution is 5.87. The first-order chi connectivity index (χ1) is 9.06. The number of rotatable bonds is 5. The number of benzene rings is 1. The van der Waals surface area contributed by atoms with Crippen LogP contribution in [0.1, 0.15) is 19.4 Å². The molecule has 0 saturated carbocycles. The van der Waals surface area contributed by atoms with E-state index in [1.54, 1.807) is 31.2 Å². The molecule has 0 bridgehead atoms. The van der Waals surface area contributed by atoms with Crippen LogP contribution in [0.15, 0.2) is 24.3 Å². The van der Waals surface area contributed by atoms with Crippen molar-refractivity contribution in [2.24, 2.45) is 0 Å². The lowest BCUT2D eigenvalue weighted by molar-refractivity contribution is -0.137. The molecule has 5 heteroatoms. The minimum atomic E-state index is -0.423. The summed E-state index contributed by atoms with van der Waals surface area (Å²) in [7, 11) is 1.47. The first-order valence-corrected chi connectivity index (χ1v) is 5.78. The molecule has 0 spiro atoms. The molecule has 102 valence electrons. The molecule has 0 aliphatic rings. The predicted molar refractivity (Wildman–Crippen MR) is 70.0 cm³/mol. The third-order valence-electron chi connectivity index (χ3n) is 2.14. The van der Waals surface area contributed by atoms with E-state index in [4.69, 9.17) is 14.2 Å². The van der Waals surface area contributed by atoms with Gasteiger partial charge in [0.1, 0.15) is 0 Å². The standard InChI is InChI=1S/C14H16O5/c1-4-18-14(16)8-6-11-5-7-12(19-10(2)15)13(9-11)17-3/h5-9H,4H2,1-3H3/b8-6+.